The highest BCUT2D eigenvalue weighted by Crippen LogP contribution is 2.26. The van der Waals surface area contributed by atoms with Crippen LogP contribution in [0.4, 0.5) is 0 Å². The van der Waals surface area contributed by atoms with Crippen LogP contribution in [0.3, 0.4) is 0 Å². The largest absolute Gasteiger partial charge is 0.324 e. The van der Waals surface area contributed by atoms with Gasteiger partial charge in [-0.2, -0.15) is 0 Å². The van der Waals surface area contributed by atoms with Crippen LogP contribution in [-0.4, -0.2) is 9.55 Å². The second-order valence-corrected chi connectivity index (χ2v) is 5.45. The summed E-state index contributed by atoms with van der Waals surface area (Å²) in [6.07, 6.45) is 0. The Balaban J connectivity index is 2.13. The zero-order chi connectivity index (χ0) is 14.1. The van der Waals surface area contributed by atoms with Crippen LogP contribution in [0.2, 0.25) is 0 Å². The van der Waals surface area contributed by atoms with E-state index in [4.69, 9.17) is 4.98 Å². The topological polar surface area (TPSA) is 17.8 Å². The molecule has 3 rings (SSSR count). The summed E-state index contributed by atoms with van der Waals surface area (Å²) in [4.78, 5) is 4.79. The van der Waals surface area contributed by atoms with Crippen molar-refractivity contribution in [2.24, 2.45) is 0 Å². The quantitative estimate of drug-likeness (QED) is 0.661. The molecule has 0 atom stereocenters. The predicted molar refractivity (Wildman–Crippen MR) is 84.9 cm³/mol. The van der Waals surface area contributed by atoms with Gasteiger partial charge in [-0.3, -0.25) is 0 Å². The van der Waals surface area contributed by atoms with Gasteiger partial charge in [-0.1, -0.05) is 50.2 Å². The van der Waals surface area contributed by atoms with E-state index in [1.165, 1.54) is 16.6 Å². The van der Waals surface area contributed by atoms with Crippen molar-refractivity contribution in [3.05, 3.63) is 54.1 Å². The lowest BCUT2D eigenvalue weighted by Crippen LogP contribution is -1.97. The third kappa shape index (κ3) is 2.11. The highest BCUT2D eigenvalue weighted by Gasteiger charge is 2.11. The molecule has 1 heterocycles. The molecule has 102 valence electrons. The minimum atomic E-state index is 0.564. The standard InChI is InChI=1S/C18H20N2/c1-4-20-17-8-6-5-7-16(17)19-18(20)15-11-9-14(10-12-15)13(2)3/h5-13H,4H2,1-3H3. The van der Waals surface area contributed by atoms with E-state index in [1.807, 2.05) is 6.07 Å². The number of para-hydroxylation sites is 2. The molecule has 0 spiro atoms. The molecule has 0 aliphatic carbocycles. The van der Waals surface area contributed by atoms with E-state index < -0.39 is 0 Å². The molecule has 0 radical (unpaired) electrons. The molecule has 1 aromatic heterocycles. The summed E-state index contributed by atoms with van der Waals surface area (Å²) in [5.74, 6) is 1.62. The number of nitrogens with zero attached hydrogens (tertiary/aromatic N) is 2. The van der Waals surface area contributed by atoms with Crippen molar-refractivity contribution in [1.82, 2.24) is 9.55 Å². The number of fused-ring (bicyclic) bond motifs is 1. The average molecular weight is 264 g/mol. The van der Waals surface area contributed by atoms with Gasteiger partial charge in [-0.25, -0.2) is 4.98 Å². The Morgan fingerprint density at radius 3 is 2.35 bits per heavy atom. The maximum absolute atomic E-state index is 4.79. The molecule has 0 aliphatic heterocycles. The lowest BCUT2D eigenvalue weighted by molar-refractivity contribution is 0.796. The Hall–Kier alpha value is -2.09. The lowest BCUT2D eigenvalue weighted by Gasteiger charge is -2.08. The van der Waals surface area contributed by atoms with Crippen LogP contribution in [0.15, 0.2) is 48.5 Å². The van der Waals surface area contributed by atoms with Gasteiger partial charge in [-0.15, -0.1) is 0 Å². The highest BCUT2D eigenvalue weighted by atomic mass is 15.1. The second-order valence-electron chi connectivity index (χ2n) is 5.45. The molecule has 0 unspecified atom stereocenters. The highest BCUT2D eigenvalue weighted by molar-refractivity contribution is 5.80. The van der Waals surface area contributed by atoms with Crippen LogP contribution >= 0.6 is 0 Å². The maximum Gasteiger partial charge on any atom is 0.141 e. The van der Waals surface area contributed by atoms with Gasteiger partial charge in [0.2, 0.25) is 0 Å². The number of aryl methyl sites for hydroxylation is 1. The zero-order valence-corrected chi connectivity index (χ0v) is 12.3. The molecule has 0 N–H and O–H groups in total. The minimum Gasteiger partial charge on any atom is -0.324 e. The molecule has 2 nitrogen and oxygen atoms in total. The van der Waals surface area contributed by atoms with E-state index in [0.29, 0.717) is 5.92 Å². The van der Waals surface area contributed by atoms with E-state index in [2.05, 4.69) is 67.8 Å². The fraction of sp³-hybridized carbons (Fsp3) is 0.278. The van der Waals surface area contributed by atoms with Gasteiger partial charge in [0.15, 0.2) is 0 Å². The molecule has 0 fully saturated rings. The average Bonchev–Trinajstić information content (AvgIpc) is 2.85. The van der Waals surface area contributed by atoms with Crippen LogP contribution in [0.1, 0.15) is 32.3 Å². The van der Waals surface area contributed by atoms with Gasteiger partial charge < -0.3 is 4.57 Å². The number of imidazole rings is 1. The second kappa shape index (κ2) is 5.12. The first-order chi connectivity index (χ1) is 9.70. The number of benzene rings is 2. The van der Waals surface area contributed by atoms with Crippen molar-refractivity contribution in [3.63, 3.8) is 0 Å². The number of hydrogen-bond donors (Lipinski definition) is 0. The van der Waals surface area contributed by atoms with Gasteiger partial charge in [0.05, 0.1) is 11.0 Å². The summed E-state index contributed by atoms with van der Waals surface area (Å²) >= 11 is 0. The van der Waals surface area contributed by atoms with Crippen LogP contribution in [-0.2, 0) is 6.54 Å². The predicted octanol–water partition coefficient (Wildman–Crippen LogP) is 4.85. The summed E-state index contributed by atoms with van der Waals surface area (Å²) in [5.41, 5.74) is 4.83. The molecule has 0 aliphatic rings. The van der Waals surface area contributed by atoms with Gasteiger partial charge in [-0.05, 0) is 30.5 Å². The van der Waals surface area contributed by atoms with Gasteiger partial charge in [0.1, 0.15) is 5.82 Å². The van der Waals surface area contributed by atoms with E-state index >= 15 is 0 Å². The Morgan fingerprint density at radius 2 is 1.70 bits per heavy atom. The molecule has 0 amide bonds. The summed E-state index contributed by atoms with van der Waals surface area (Å²) in [7, 11) is 0. The Morgan fingerprint density at radius 1 is 1.00 bits per heavy atom. The summed E-state index contributed by atoms with van der Waals surface area (Å²) in [5, 5.41) is 0. The maximum atomic E-state index is 4.79. The Labute approximate surface area is 120 Å². The third-order valence-corrected chi connectivity index (χ3v) is 3.81. The van der Waals surface area contributed by atoms with Crippen molar-refractivity contribution < 1.29 is 0 Å². The minimum absolute atomic E-state index is 0.564. The summed E-state index contributed by atoms with van der Waals surface area (Å²) in [6.45, 7) is 7.54. The first kappa shape index (κ1) is 12.9. The fourth-order valence-corrected chi connectivity index (χ4v) is 2.63. The van der Waals surface area contributed by atoms with Crippen LogP contribution < -0.4 is 0 Å². The van der Waals surface area contributed by atoms with Crippen LogP contribution in [0, 0.1) is 0 Å². The molecule has 0 bridgehead atoms. The van der Waals surface area contributed by atoms with Gasteiger partial charge in [0, 0.05) is 12.1 Å². The monoisotopic (exact) mass is 264 g/mol. The first-order valence-corrected chi connectivity index (χ1v) is 7.26. The van der Waals surface area contributed by atoms with Crippen LogP contribution in [0.5, 0.6) is 0 Å². The van der Waals surface area contributed by atoms with Crippen molar-refractivity contribution in [2.75, 3.05) is 0 Å². The van der Waals surface area contributed by atoms with E-state index in [1.54, 1.807) is 0 Å². The van der Waals surface area contributed by atoms with Crippen molar-refractivity contribution >= 4 is 11.0 Å². The Bertz CT molecular complexity index is 721. The smallest absolute Gasteiger partial charge is 0.141 e. The van der Waals surface area contributed by atoms with E-state index in [9.17, 15) is 0 Å². The SMILES string of the molecule is CCn1c(-c2ccc(C(C)C)cc2)nc2ccccc21. The van der Waals surface area contributed by atoms with E-state index in [0.717, 1.165) is 17.9 Å². The zero-order valence-electron chi connectivity index (χ0n) is 12.3. The first-order valence-electron chi connectivity index (χ1n) is 7.26. The number of aromatic nitrogens is 2. The molecular formula is C18H20N2. The van der Waals surface area contributed by atoms with Gasteiger partial charge in [0.25, 0.3) is 0 Å². The summed E-state index contributed by atoms with van der Waals surface area (Å²) in [6, 6.07) is 17.1. The molecule has 2 heteroatoms. The molecule has 0 saturated carbocycles. The summed E-state index contributed by atoms with van der Waals surface area (Å²) < 4.78 is 2.28. The normalized spacial score (nSPS) is 11.4. The molecule has 20 heavy (non-hydrogen) atoms. The molecule has 2 aromatic carbocycles. The number of hydrogen-bond acceptors (Lipinski definition) is 1. The van der Waals surface area contributed by atoms with Crippen molar-refractivity contribution in [3.8, 4) is 11.4 Å². The van der Waals surface area contributed by atoms with E-state index in [-0.39, 0.29) is 0 Å². The van der Waals surface area contributed by atoms with Crippen LogP contribution in [0.25, 0.3) is 22.4 Å². The lowest BCUT2D eigenvalue weighted by atomic mass is 10.0. The molecular weight excluding hydrogens is 244 g/mol. The molecule has 3 aromatic rings. The number of rotatable bonds is 3. The van der Waals surface area contributed by atoms with Crippen molar-refractivity contribution in [1.29, 1.82) is 0 Å². The Kier molecular flexibility index (Phi) is 3.31. The van der Waals surface area contributed by atoms with Crippen molar-refractivity contribution in [2.45, 2.75) is 33.2 Å². The molecule has 0 saturated heterocycles. The third-order valence-electron chi connectivity index (χ3n) is 3.81. The fourth-order valence-electron chi connectivity index (χ4n) is 2.63. The van der Waals surface area contributed by atoms with Gasteiger partial charge >= 0.3 is 0 Å².